The van der Waals surface area contributed by atoms with E-state index in [9.17, 15) is 27.9 Å². The van der Waals surface area contributed by atoms with Crippen LogP contribution in [-0.2, 0) is 12.7 Å². The van der Waals surface area contributed by atoms with Crippen LogP contribution in [-0.4, -0.2) is 87.2 Å². The number of aromatic nitrogens is 2. The predicted octanol–water partition coefficient (Wildman–Crippen LogP) is 2.35. The van der Waals surface area contributed by atoms with Crippen molar-refractivity contribution in [2.75, 3.05) is 44.2 Å². The zero-order valence-corrected chi connectivity index (χ0v) is 18.4. The van der Waals surface area contributed by atoms with E-state index in [1.54, 1.807) is 4.90 Å². The zero-order chi connectivity index (χ0) is 24.5. The summed E-state index contributed by atoms with van der Waals surface area (Å²) >= 11 is 0. The van der Waals surface area contributed by atoms with E-state index in [1.807, 2.05) is 4.90 Å². The number of aromatic carboxylic acids is 1. The van der Waals surface area contributed by atoms with Gasteiger partial charge in [-0.1, -0.05) is 6.07 Å². The Morgan fingerprint density at radius 2 is 1.71 bits per heavy atom. The minimum atomic E-state index is -4.44. The Hall–Kier alpha value is -3.12. The van der Waals surface area contributed by atoms with Crippen molar-refractivity contribution in [3.63, 3.8) is 0 Å². The lowest BCUT2D eigenvalue weighted by atomic mass is 10.0. The molecule has 34 heavy (non-hydrogen) atoms. The average molecular weight is 481 g/mol. The second-order valence-corrected chi connectivity index (χ2v) is 8.56. The second-order valence-electron chi connectivity index (χ2n) is 8.56. The maximum Gasteiger partial charge on any atom is 0.416 e. The Balaban J connectivity index is 1.43. The van der Waals surface area contributed by atoms with Crippen LogP contribution in [0.1, 0.15) is 34.5 Å². The first kappa shape index (κ1) is 24.0. The van der Waals surface area contributed by atoms with Crippen LogP contribution in [0.5, 0.6) is 0 Å². The van der Waals surface area contributed by atoms with Crippen molar-refractivity contribution < 1.29 is 33.0 Å². The summed E-state index contributed by atoms with van der Waals surface area (Å²) in [6, 6.07) is 4.62. The van der Waals surface area contributed by atoms with E-state index in [0.717, 1.165) is 16.3 Å². The number of aliphatic hydroxyl groups excluding tert-OH is 1. The number of piperidine rings is 1. The van der Waals surface area contributed by atoms with Crippen molar-refractivity contribution in [1.29, 1.82) is 0 Å². The highest BCUT2D eigenvalue weighted by Gasteiger charge is 2.32. The molecule has 0 bridgehead atoms. The third-order valence-electron chi connectivity index (χ3n) is 6.26. The molecule has 0 atom stereocenters. The first-order valence-corrected chi connectivity index (χ1v) is 11.1. The number of hydrogen-bond acceptors (Lipinski definition) is 6. The van der Waals surface area contributed by atoms with Gasteiger partial charge in [0.1, 0.15) is 0 Å². The largest absolute Gasteiger partial charge is 0.476 e. The summed E-state index contributed by atoms with van der Waals surface area (Å²) in [6.07, 6.45) is -2.55. The predicted molar refractivity (Wildman–Crippen MR) is 116 cm³/mol. The molecule has 0 saturated carbocycles. The van der Waals surface area contributed by atoms with Crippen molar-refractivity contribution in [3.8, 4) is 0 Å². The van der Waals surface area contributed by atoms with Crippen molar-refractivity contribution in [1.82, 2.24) is 19.6 Å². The number of anilines is 1. The van der Waals surface area contributed by atoms with Crippen LogP contribution < -0.4 is 4.90 Å². The highest BCUT2D eigenvalue weighted by atomic mass is 19.4. The number of carbonyl (C=O) groups excluding carboxylic acids is 1. The highest BCUT2D eigenvalue weighted by molar-refractivity contribution is 5.86. The average Bonchev–Trinajstić information content (AvgIpc) is 3.30. The molecule has 2 aliphatic rings. The number of rotatable bonds is 4. The topological polar surface area (TPSA) is 102 Å². The van der Waals surface area contributed by atoms with Crippen molar-refractivity contribution in [2.24, 2.45) is 0 Å². The van der Waals surface area contributed by atoms with Crippen LogP contribution in [0.15, 0.2) is 30.5 Å². The molecule has 184 valence electrons. The van der Waals surface area contributed by atoms with Crippen molar-refractivity contribution in [3.05, 3.63) is 47.3 Å². The molecule has 1 amide bonds. The summed E-state index contributed by atoms with van der Waals surface area (Å²) in [7, 11) is 0. The summed E-state index contributed by atoms with van der Waals surface area (Å²) in [5, 5.41) is 22.5. The van der Waals surface area contributed by atoms with Crippen LogP contribution >= 0.6 is 0 Å². The molecule has 1 aromatic carbocycles. The normalized spacial score (nSPS) is 18.4. The highest BCUT2D eigenvalue weighted by Crippen LogP contribution is 2.35. The van der Waals surface area contributed by atoms with E-state index < -0.39 is 29.8 Å². The second kappa shape index (κ2) is 9.63. The van der Waals surface area contributed by atoms with Gasteiger partial charge >= 0.3 is 18.2 Å². The smallest absolute Gasteiger partial charge is 0.416 e. The molecule has 2 N–H and O–H groups in total. The monoisotopic (exact) mass is 481 g/mol. The van der Waals surface area contributed by atoms with Gasteiger partial charge in [-0.15, -0.1) is 0 Å². The molecule has 1 aromatic heterocycles. The molecular formula is C22H26F3N5O4. The van der Waals surface area contributed by atoms with Crippen LogP contribution in [0.2, 0.25) is 0 Å². The Bertz CT molecular complexity index is 1040. The van der Waals surface area contributed by atoms with Gasteiger partial charge in [0.2, 0.25) is 0 Å². The van der Waals surface area contributed by atoms with Crippen molar-refractivity contribution in [2.45, 2.75) is 31.7 Å². The standard InChI is InChI=1S/C22H26F3N5O4/c23-22(24,25)16-2-1-15(19(13-16)28-6-3-17(31)4-7-28)14-27-9-11-29(12-10-27)21(34)30-8-5-18(26-30)20(32)33/h1-2,5,8,13,17,31H,3-4,6-7,9-12,14H2,(H,32,33). The van der Waals surface area contributed by atoms with Crippen LogP contribution in [0.4, 0.5) is 23.7 Å². The fourth-order valence-electron chi connectivity index (χ4n) is 4.30. The summed E-state index contributed by atoms with van der Waals surface area (Å²) in [6.45, 7) is 3.19. The molecule has 0 radical (unpaired) electrons. The first-order valence-electron chi connectivity index (χ1n) is 11.1. The van der Waals surface area contributed by atoms with Gasteiger partial charge in [0.15, 0.2) is 5.69 Å². The molecule has 3 heterocycles. The Kier molecular flexibility index (Phi) is 6.80. The van der Waals surface area contributed by atoms with Gasteiger partial charge in [0.25, 0.3) is 0 Å². The van der Waals surface area contributed by atoms with E-state index in [0.29, 0.717) is 64.3 Å². The molecular weight excluding hydrogens is 455 g/mol. The van der Waals surface area contributed by atoms with E-state index in [1.165, 1.54) is 24.4 Å². The molecule has 2 saturated heterocycles. The maximum absolute atomic E-state index is 13.3. The number of piperazine rings is 1. The summed E-state index contributed by atoms with van der Waals surface area (Å²) < 4.78 is 41.0. The lowest BCUT2D eigenvalue weighted by Crippen LogP contribution is -2.49. The Morgan fingerprint density at radius 1 is 1.03 bits per heavy atom. The quantitative estimate of drug-likeness (QED) is 0.691. The number of aliphatic hydroxyl groups is 1. The lowest BCUT2D eigenvalue weighted by molar-refractivity contribution is -0.137. The number of carbonyl (C=O) groups is 2. The van der Waals surface area contributed by atoms with E-state index in [4.69, 9.17) is 5.11 Å². The van der Waals surface area contributed by atoms with Crippen molar-refractivity contribution >= 4 is 17.7 Å². The van der Waals surface area contributed by atoms with Gasteiger partial charge in [0.05, 0.1) is 11.7 Å². The number of alkyl halides is 3. The van der Waals surface area contributed by atoms with Gasteiger partial charge in [-0.3, -0.25) is 4.90 Å². The summed E-state index contributed by atoms with van der Waals surface area (Å²) in [5.74, 6) is -1.22. The van der Waals surface area contributed by atoms with Gasteiger partial charge in [-0.05, 0) is 36.6 Å². The molecule has 0 spiro atoms. The Morgan fingerprint density at radius 3 is 2.29 bits per heavy atom. The molecule has 2 fully saturated rings. The van der Waals surface area contributed by atoms with Gasteiger partial charge in [-0.25, -0.2) is 9.59 Å². The first-order chi connectivity index (χ1) is 16.1. The minimum absolute atomic E-state index is 0.216. The molecule has 9 nitrogen and oxygen atoms in total. The fourth-order valence-corrected chi connectivity index (χ4v) is 4.30. The van der Waals surface area contributed by atoms with E-state index in [-0.39, 0.29) is 5.69 Å². The van der Waals surface area contributed by atoms with Crippen LogP contribution in [0, 0.1) is 0 Å². The summed E-state index contributed by atoms with van der Waals surface area (Å²) in [4.78, 5) is 29.1. The number of halogens is 3. The van der Waals surface area contributed by atoms with E-state index in [2.05, 4.69) is 10.00 Å². The van der Waals surface area contributed by atoms with Gasteiger partial charge < -0.3 is 20.0 Å². The number of amides is 1. The van der Waals surface area contributed by atoms with Gasteiger partial charge in [-0.2, -0.15) is 23.0 Å². The molecule has 2 aliphatic heterocycles. The van der Waals surface area contributed by atoms with Crippen LogP contribution in [0.25, 0.3) is 0 Å². The third-order valence-corrected chi connectivity index (χ3v) is 6.26. The molecule has 12 heteroatoms. The molecule has 2 aromatic rings. The lowest BCUT2D eigenvalue weighted by Gasteiger charge is -2.37. The number of carboxylic acid groups (broad SMARTS) is 1. The Labute approximate surface area is 194 Å². The van der Waals surface area contributed by atoms with Crippen LogP contribution in [0.3, 0.4) is 0 Å². The van der Waals surface area contributed by atoms with Gasteiger partial charge in [0, 0.05) is 57.7 Å². The number of nitrogens with zero attached hydrogens (tertiary/aromatic N) is 5. The zero-order valence-electron chi connectivity index (χ0n) is 18.4. The third kappa shape index (κ3) is 5.33. The molecule has 0 aliphatic carbocycles. The number of hydrogen-bond donors (Lipinski definition) is 2. The van der Waals surface area contributed by atoms with E-state index >= 15 is 0 Å². The fraction of sp³-hybridized carbons (Fsp3) is 0.500. The molecule has 0 unspecified atom stereocenters. The number of carboxylic acids is 1. The molecule has 4 rings (SSSR count). The minimum Gasteiger partial charge on any atom is -0.476 e. The summed E-state index contributed by atoms with van der Waals surface area (Å²) in [5.41, 5.74) is 0.375. The SMILES string of the molecule is O=C(O)c1ccn(C(=O)N2CCN(Cc3ccc(C(F)(F)F)cc3N3CCC(O)CC3)CC2)n1. The number of benzene rings is 1. The maximum atomic E-state index is 13.3.